The first kappa shape index (κ1) is 26.0. The quantitative estimate of drug-likeness (QED) is 0.129. The molecule has 14 heteroatoms. The zero-order valence-electron chi connectivity index (χ0n) is 19.4. The van der Waals surface area contributed by atoms with E-state index in [0.717, 1.165) is 15.7 Å². The SMILES string of the molecule is O=C(Nc1cc(Oc2ccc(I)cc2)cc([N+](=O)[O-])c1)c1nc2nc(-c3ccccc3)cc(C(F)(F)F)n2n1. The molecule has 0 radical (unpaired) electrons. The fraction of sp³-hybridized carbons (Fsp3) is 0.0400. The van der Waals surface area contributed by atoms with Gasteiger partial charge in [0.2, 0.25) is 5.82 Å². The van der Waals surface area contributed by atoms with Crippen LogP contribution in [0, 0.1) is 13.7 Å². The number of carbonyl (C=O) groups is 1. The third-order valence-electron chi connectivity index (χ3n) is 5.28. The lowest BCUT2D eigenvalue weighted by molar-refractivity contribution is -0.384. The molecule has 0 aliphatic heterocycles. The van der Waals surface area contributed by atoms with Crippen LogP contribution >= 0.6 is 22.6 Å². The van der Waals surface area contributed by atoms with E-state index in [1.807, 2.05) is 0 Å². The maximum atomic E-state index is 13.8. The largest absolute Gasteiger partial charge is 0.457 e. The molecule has 1 N–H and O–H groups in total. The highest BCUT2D eigenvalue weighted by Gasteiger charge is 2.36. The van der Waals surface area contributed by atoms with Crippen LogP contribution in [-0.2, 0) is 6.18 Å². The van der Waals surface area contributed by atoms with E-state index in [1.165, 1.54) is 12.1 Å². The van der Waals surface area contributed by atoms with Crippen molar-refractivity contribution in [1.29, 1.82) is 0 Å². The Kier molecular flexibility index (Phi) is 6.86. The molecule has 0 saturated carbocycles. The monoisotopic (exact) mass is 646 g/mol. The molecule has 2 aromatic heterocycles. The van der Waals surface area contributed by atoms with Crippen LogP contribution in [0.5, 0.6) is 11.5 Å². The fourth-order valence-corrected chi connectivity index (χ4v) is 3.93. The van der Waals surface area contributed by atoms with Crippen molar-refractivity contribution in [2.45, 2.75) is 6.18 Å². The zero-order chi connectivity index (χ0) is 27.7. The Bertz CT molecular complexity index is 1710. The van der Waals surface area contributed by atoms with Crippen LogP contribution in [0.3, 0.4) is 0 Å². The van der Waals surface area contributed by atoms with Gasteiger partial charge < -0.3 is 10.1 Å². The second kappa shape index (κ2) is 10.3. The number of nitrogens with one attached hydrogen (secondary N) is 1. The lowest BCUT2D eigenvalue weighted by Crippen LogP contribution is -2.16. The molecular formula is C25H14F3IN6O4. The third kappa shape index (κ3) is 5.79. The van der Waals surface area contributed by atoms with Gasteiger partial charge in [0.05, 0.1) is 22.4 Å². The van der Waals surface area contributed by atoms with Gasteiger partial charge in [-0.25, -0.2) is 4.98 Å². The number of rotatable bonds is 6. The van der Waals surface area contributed by atoms with Gasteiger partial charge in [0, 0.05) is 21.3 Å². The number of aromatic nitrogens is 4. The molecule has 5 rings (SSSR count). The van der Waals surface area contributed by atoms with Crippen molar-refractivity contribution >= 4 is 45.7 Å². The first-order valence-corrected chi connectivity index (χ1v) is 12.1. The molecule has 196 valence electrons. The van der Waals surface area contributed by atoms with Crippen molar-refractivity contribution in [3.05, 3.63) is 104 Å². The standard InChI is InChI=1S/C25H14F3IN6O4/c26-25(27,28)21-13-20(14-4-2-1-3-5-14)31-24-32-22(33-34(21)24)23(36)30-16-10-17(35(37)38)12-19(11-16)39-18-8-6-15(29)7-9-18/h1-13H,(H,30,36). The second-order valence-corrected chi connectivity index (χ2v) is 9.27. The molecule has 0 aliphatic carbocycles. The summed E-state index contributed by atoms with van der Waals surface area (Å²) in [6.45, 7) is 0. The summed E-state index contributed by atoms with van der Waals surface area (Å²) in [7, 11) is 0. The second-order valence-electron chi connectivity index (χ2n) is 8.02. The predicted octanol–water partition coefficient (Wildman–Crippen LogP) is 6.37. The van der Waals surface area contributed by atoms with Gasteiger partial charge in [-0.15, -0.1) is 5.10 Å². The van der Waals surface area contributed by atoms with Gasteiger partial charge in [0.25, 0.3) is 17.4 Å². The molecule has 3 aromatic carbocycles. The summed E-state index contributed by atoms with van der Waals surface area (Å²) in [4.78, 5) is 31.7. The molecule has 0 fully saturated rings. The van der Waals surface area contributed by atoms with Crippen LogP contribution in [0.2, 0.25) is 0 Å². The molecule has 0 aliphatic rings. The van der Waals surface area contributed by atoms with E-state index in [-0.39, 0.29) is 22.8 Å². The summed E-state index contributed by atoms with van der Waals surface area (Å²) in [5.41, 5.74) is -1.21. The molecule has 0 saturated heterocycles. The van der Waals surface area contributed by atoms with Crippen molar-refractivity contribution in [2.24, 2.45) is 0 Å². The van der Waals surface area contributed by atoms with Crippen molar-refractivity contribution in [2.75, 3.05) is 5.32 Å². The molecule has 2 heterocycles. The first-order chi connectivity index (χ1) is 18.6. The normalized spacial score (nSPS) is 11.4. The Hall–Kier alpha value is -4.60. The Morgan fingerprint density at radius 2 is 1.69 bits per heavy atom. The van der Waals surface area contributed by atoms with Gasteiger partial charge in [0.15, 0.2) is 5.69 Å². The zero-order valence-corrected chi connectivity index (χ0v) is 21.5. The van der Waals surface area contributed by atoms with E-state index in [9.17, 15) is 28.1 Å². The number of fused-ring (bicyclic) bond motifs is 1. The molecule has 0 unspecified atom stereocenters. The summed E-state index contributed by atoms with van der Waals surface area (Å²) >= 11 is 2.11. The van der Waals surface area contributed by atoms with Crippen LogP contribution < -0.4 is 10.1 Å². The number of carbonyl (C=O) groups excluding carboxylic acids is 1. The van der Waals surface area contributed by atoms with Crippen molar-refractivity contribution in [3.63, 3.8) is 0 Å². The molecule has 39 heavy (non-hydrogen) atoms. The highest BCUT2D eigenvalue weighted by Crippen LogP contribution is 2.33. The minimum atomic E-state index is -4.83. The number of hydrogen-bond acceptors (Lipinski definition) is 7. The van der Waals surface area contributed by atoms with E-state index in [2.05, 4.69) is 43.0 Å². The van der Waals surface area contributed by atoms with Gasteiger partial charge in [-0.05, 0) is 52.9 Å². The van der Waals surface area contributed by atoms with Gasteiger partial charge >= 0.3 is 6.18 Å². The number of non-ortho nitro benzene ring substituents is 1. The number of nitro groups is 1. The minimum absolute atomic E-state index is 0.00847. The van der Waals surface area contributed by atoms with Crippen LogP contribution in [0.15, 0.2) is 78.9 Å². The number of amides is 1. The molecular weight excluding hydrogens is 632 g/mol. The molecule has 5 aromatic rings. The van der Waals surface area contributed by atoms with Crippen LogP contribution in [-0.4, -0.2) is 30.4 Å². The average Bonchev–Trinajstić information content (AvgIpc) is 3.34. The maximum absolute atomic E-state index is 13.8. The lowest BCUT2D eigenvalue weighted by atomic mass is 10.1. The fourth-order valence-electron chi connectivity index (χ4n) is 3.57. The minimum Gasteiger partial charge on any atom is -0.457 e. The number of hydrogen-bond donors (Lipinski definition) is 1. The number of ether oxygens (including phenoxy) is 1. The van der Waals surface area contributed by atoms with E-state index in [1.54, 1.807) is 54.6 Å². The number of nitro benzene ring substituents is 1. The smallest absolute Gasteiger partial charge is 0.433 e. The lowest BCUT2D eigenvalue weighted by Gasteiger charge is -2.10. The molecule has 0 atom stereocenters. The van der Waals surface area contributed by atoms with Gasteiger partial charge in [-0.1, -0.05) is 30.3 Å². The molecule has 1 amide bonds. The summed E-state index contributed by atoms with van der Waals surface area (Å²) in [6.07, 6.45) is -4.83. The van der Waals surface area contributed by atoms with E-state index in [4.69, 9.17) is 4.74 Å². The Morgan fingerprint density at radius 1 is 0.974 bits per heavy atom. The number of benzene rings is 3. The van der Waals surface area contributed by atoms with E-state index in [0.29, 0.717) is 15.8 Å². The number of anilines is 1. The van der Waals surface area contributed by atoms with Gasteiger partial charge in [-0.3, -0.25) is 14.9 Å². The van der Waals surface area contributed by atoms with Crippen LogP contribution in [0.4, 0.5) is 24.5 Å². The molecule has 0 spiro atoms. The van der Waals surface area contributed by atoms with Gasteiger partial charge in [-0.2, -0.15) is 22.7 Å². The number of nitrogens with zero attached hydrogens (tertiary/aromatic N) is 5. The van der Waals surface area contributed by atoms with E-state index >= 15 is 0 Å². The topological polar surface area (TPSA) is 125 Å². The Morgan fingerprint density at radius 3 is 2.36 bits per heavy atom. The summed E-state index contributed by atoms with van der Waals surface area (Å²) < 4.78 is 48.6. The highest BCUT2D eigenvalue weighted by molar-refractivity contribution is 14.1. The third-order valence-corrected chi connectivity index (χ3v) is 6.00. The van der Waals surface area contributed by atoms with Crippen molar-refractivity contribution < 1.29 is 27.6 Å². The molecule has 10 nitrogen and oxygen atoms in total. The van der Waals surface area contributed by atoms with Crippen molar-refractivity contribution in [1.82, 2.24) is 19.6 Å². The van der Waals surface area contributed by atoms with Crippen molar-refractivity contribution in [3.8, 4) is 22.8 Å². The Balaban J connectivity index is 1.49. The van der Waals surface area contributed by atoms with Crippen LogP contribution in [0.25, 0.3) is 17.0 Å². The average molecular weight is 646 g/mol. The predicted molar refractivity (Wildman–Crippen MR) is 142 cm³/mol. The summed E-state index contributed by atoms with van der Waals surface area (Å²) in [5.74, 6) is -1.62. The Labute approximate surface area is 230 Å². The number of halogens is 4. The highest BCUT2D eigenvalue weighted by atomic mass is 127. The van der Waals surface area contributed by atoms with E-state index < -0.39 is 34.3 Å². The van der Waals surface area contributed by atoms with Crippen LogP contribution in [0.1, 0.15) is 16.3 Å². The molecule has 0 bridgehead atoms. The summed E-state index contributed by atoms with van der Waals surface area (Å²) in [6, 6.07) is 19.4. The number of alkyl halides is 3. The first-order valence-electron chi connectivity index (χ1n) is 11.0. The maximum Gasteiger partial charge on any atom is 0.433 e. The summed E-state index contributed by atoms with van der Waals surface area (Å²) in [5, 5.41) is 17.5. The van der Waals surface area contributed by atoms with Gasteiger partial charge in [0.1, 0.15) is 11.5 Å².